The number of carbonyl (C=O) groups excluding carboxylic acids is 1. The van der Waals surface area contributed by atoms with Crippen LogP contribution in [-0.2, 0) is 0 Å². The molecule has 7 nitrogen and oxygen atoms in total. The second-order valence-corrected chi connectivity index (χ2v) is 3.69. The average molecular weight is 251 g/mol. The molecule has 0 bridgehead atoms. The van der Waals surface area contributed by atoms with E-state index in [0.29, 0.717) is 0 Å². The zero-order chi connectivity index (χ0) is 12.2. The molecule has 84 valence electrons. The molecule has 3 rings (SSSR count). The molecule has 0 fully saturated rings. The lowest BCUT2D eigenvalue weighted by molar-refractivity contribution is 0.107. The minimum absolute atomic E-state index is 0.119. The summed E-state index contributed by atoms with van der Waals surface area (Å²) in [6.07, 6.45) is 3.57. The number of hydrogen-bond acceptors (Lipinski definition) is 5. The van der Waals surface area contributed by atoms with Gasteiger partial charge in [0.15, 0.2) is 5.69 Å². The van der Waals surface area contributed by atoms with Gasteiger partial charge in [-0.3, -0.25) is 23.2 Å². The fourth-order valence-electron chi connectivity index (χ4n) is 1.70. The van der Waals surface area contributed by atoms with E-state index in [0.717, 1.165) is 15.1 Å². The molecule has 0 radical (unpaired) electrons. The van der Waals surface area contributed by atoms with Crippen molar-refractivity contribution in [2.75, 3.05) is 0 Å². The summed E-state index contributed by atoms with van der Waals surface area (Å²) in [6.45, 7) is 0. The Balaban J connectivity index is 2.72. The van der Waals surface area contributed by atoms with Gasteiger partial charge in [-0.1, -0.05) is 0 Å². The first-order chi connectivity index (χ1) is 8.11. The predicted octanol–water partition coefficient (Wildman–Crippen LogP) is -0.481. The number of rotatable bonds is 1. The highest BCUT2D eigenvalue weighted by atomic mass is 35.5. The molecule has 0 unspecified atom stereocenters. The number of halogens is 1. The van der Waals surface area contributed by atoms with E-state index < -0.39 is 16.4 Å². The van der Waals surface area contributed by atoms with Crippen LogP contribution in [0.3, 0.4) is 0 Å². The molecule has 17 heavy (non-hydrogen) atoms. The van der Waals surface area contributed by atoms with Gasteiger partial charge in [0.25, 0.3) is 16.4 Å². The Kier molecular flexibility index (Phi) is 1.81. The number of nitrogens with zero attached hydrogens (tertiary/aromatic N) is 4. The van der Waals surface area contributed by atoms with E-state index in [1.807, 2.05) is 0 Å². The second kappa shape index (κ2) is 3.11. The van der Waals surface area contributed by atoms with Crippen molar-refractivity contribution >= 4 is 27.9 Å². The molecular weight excluding hydrogens is 248 g/mol. The van der Waals surface area contributed by atoms with Crippen molar-refractivity contribution in [1.29, 1.82) is 0 Å². The number of aromatic nitrogens is 4. The first-order valence-corrected chi connectivity index (χ1v) is 4.88. The van der Waals surface area contributed by atoms with Crippen molar-refractivity contribution in [2.24, 2.45) is 0 Å². The zero-order valence-electron chi connectivity index (χ0n) is 8.12. The van der Waals surface area contributed by atoms with Crippen molar-refractivity contribution in [3.05, 3.63) is 45.3 Å². The third kappa shape index (κ3) is 1.14. The van der Waals surface area contributed by atoms with Gasteiger partial charge in [-0.25, -0.2) is 9.97 Å². The molecule has 0 amide bonds. The molecule has 0 aliphatic heterocycles. The summed E-state index contributed by atoms with van der Waals surface area (Å²) in [4.78, 5) is 42.4. The lowest BCUT2D eigenvalue weighted by Gasteiger charge is -1.95. The maximum absolute atomic E-state index is 12.0. The summed E-state index contributed by atoms with van der Waals surface area (Å²) in [7, 11) is 0. The summed E-state index contributed by atoms with van der Waals surface area (Å²) >= 11 is 5.29. The van der Waals surface area contributed by atoms with Gasteiger partial charge in [0, 0.05) is 0 Å². The van der Waals surface area contributed by atoms with Crippen LogP contribution >= 0.6 is 11.6 Å². The van der Waals surface area contributed by atoms with E-state index in [1.165, 1.54) is 12.5 Å². The number of imidazole rings is 2. The molecule has 3 heterocycles. The van der Waals surface area contributed by atoms with Gasteiger partial charge in [0.2, 0.25) is 0 Å². The van der Waals surface area contributed by atoms with Gasteiger partial charge in [0.1, 0.15) is 23.7 Å². The molecule has 0 atom stereocenters. The molecule has 8 heteroatoms. The number of fused-ring (bicyclic) bond motifs is 2. The van der Waals surface area contributed by atoms with Gasteiger partial charge >= 0.3 is 0 Å². The minimum atomic E-state index is -0.886. The fraction of sp³-hybridized carbons (Fsp3) is 0. The average Bonchev–Trinajstić information content (AvgIpc) is 2.92. The molecule has 0 aliphatic carbocycles. The Hall–Kier alpha value is -2.28. The van der Waals surface area contributed by atoms with Gasteiger partial charge in [0.05, 0.1) is 6.20 Å². The van der Waals surface area contributed by atoms with Crippen LogP contribution in [0.4, 0.5) is 0 Å². The first-order valence-electron chi connectivity index (χ1n) is 4.50. The lowest BCUT2D eigenvalue weighted by Crippen LogP contribution is -2.25. The molecule has 0 spiro atoms. The Morgan fingerprint density at radius 1 is 1.18 bits per heavy atom. The van der Waals surface area contributed by atoms with Crippen LogP contribution < -0.4 is 11.1 Å². The summed E-state index contributed by atoms with van der Waals surface area (Å²) in [5.74, 6) is 0. The SMILES string of the molecule is O=C(Cl)c1ncn2c(=O)c3cncn3c(=O)c12. The normalized spacial score (nSPS) is 11.4. The van der Waals surface area contributed by atoms with E-state index in [1.54, 1.807) is 0 Å². The largest absolute Gasteiger partial charge is 0.283 e. The topological polar surface area (TPSA) is 85.8 Å². The van der Waals surface area contributed by atoms with Gasteiger partial charge in [-0.15, -0.1) is 0 Å². The molecule has 0 aromatic carbocycles. The summed E-state index contributed by atoms with van der Waals surface area (Å²) in [5.41, 5.74) is -1.29. The Labute approximate surface area is 97.3 Å². The monoisotopic (exact) mass is 250 g/mol. The van der Waals surface area contributed by atoms with Gasteiger partial charge in [-0.2, -0.15) is 0 Å². The fourth-order valence-corrected chi connectivity index (χ4v) is 1.84. The van der Waals surface area contributed by atoms with E-state index in [2.05, 4.69) is 9.97 Å². The Bertz CT molecular complexity index is 866. The summed E-state index contributed by atoms with van der Waals surface area (Å²) in [5, 5.41) is -0.886. The van der Waals surface area contributed by atoms with Crippen LogP contribution in [0.15, 0.2) is 28.4 Å². The summed E-state index contributed by atoms with van der Waals surface area (Å²) in [6, 6.07) is 0. The molecule has 0 saturated heterocycles. The Morgan fingerprint density at radius 3 is 2.65 bits per heavy atom. The highest BCUT2D eigenvalue weighted by molar-refractivity contribution is 6.68. The third-order valence-corrected chi connectivity index (χ3v) is 2.63. The van der Waals surface area contributed by atoms with Crippen LogP contribution in [0, 0.1) is 0 Å². The Morgan fingerprint density at radius 2 is 1.94 bits per heavy atom. The lowest BCUT2D eigenvalue weighted by atomic mass is 10.4. The van der Waals surface area contributed by atoms with E-state index in [4.69, 9.17) is 11.6 Å². The maximum atomic E-state index is 12.0. The van der Waals surface area contributed by atoms with Gasteiger partial charge in [-0.05, 0) is 11.6 Å². The first kappa shape index (κ1) is 9.91. The van der Waals surface area contributed by atoms with Crippen molar-refractivity contribution in [2.45, 2.75) is 0 Å². The minimum Gasteiger partial charge on any atom is -0.274 e. The molecule has 0 N–H and O–H groups in total. The van der Waals surface area contributed by atoms with E-state index >= 15 is 0 Å². The van der Waals surface area contributed by atoms with Crippen LogP contribution in [-0.4, -0.2) is 24.0 Å². The number of hydrogen-bond donors (Lipinski definition) is 0. The van der Waals surface area contributed by atoms with Crippen LogP contribution in [0.1, 0.15) is 10.5 Å². The predicted molar refractivity (Wildman–Crippen MR) is 57.9 cm³/mol. The van der Waals surface area contributed by atoms with E-state index in [9.17, 15) is 14.4 Å². The van der Waals surface area contributed by atoms with E-state index in [-0.39, 0.29) is 16.7 Å². The molecule has 3 aromatic rings. The number of carbonyl (C=O) groups is 1. The van der Waals surface area contributed by atoms with Crippen molar-refractivity contribution in [3.63, 3.8) is 0 Å². The van der Waals surface area contributed by atoms with Crippen molar-refractivity contribution in [3.8, 4) is 0 Å². The van der Waals surface area contributed by atoms with Crippen LogP contribution in [0.5, 0.6) is 0 Å². The maximum Gasteiger partial charge on any atom is 0.283 e. The molecule has 0 aliphatic rings. The molecule has 3 aromatic heterocycles. The zero-order valence-corrected chi connectivity index (χ0v) is 8.88. The highest BCUT2D eigenvalue weighted by Gasteiger charge is 2.18. The smallest absolute Gasteiger partial charge is 0.274 e. The molecule has 0 saturated carbocycles. The van der Waals surface area contributed by atoms with Crippen LogP contribution in [0.25, 0.3) is 11.0 Å². The molecular formula is C9H3ClN4O3. The van der Waals surface area contributed by atoms with Gasteiger partial charge < -0.3 is 0 Å². The standard InChI is InChI=1S/C9H3ClN4O3/c10-7(15)5-6-9(17)13-2-11-1-4(13)8(16)14(6)3-12-5/h1-3H. The summed E-state index contributed by atoms with van der Waals surface area (Å²) < 4.78 is 2.05. The second-order valence-electron chi connectivity index (χ2n) is 3.34. The van der Waals surface area contributed by atoms with Crippen LogP contribution in [0.2, 0.25) is 0 Å². The quantitative estimate of drug-likeness (QED) is 0.545. The third-order valence-electron chi connectivity index (χ3n) is 2.45. The van der Waals surface area contributed by atoms with Crippen molar-refractivity contribution in [1.82, 2.24) is 18.8 Å². The van der Waals surface area contributed by atoms with Crippen molar-refractivity contribution < 1.29 is 4.79 Å². The highest BCUT2D eigenvalue weighted by Crippen LogP contribution is 2.06.